The van der Waals surface area contributed by atoms with Crippen LogP contribution in [0.5, 0.6) is 11.5 Å². The molecule has 4 nitrogen and oxygen atoms in total. The maximum absolute atomic E-state index is 13.0. The number of thioether (sulfide) groups is 1. The molecule has 3 aromatic rings. The fourth-order valence-electron chi connectivity index (χ4n) is 3.09. The largest absolute Gasteiger partial charge is 0.493 e. The van der Waals surface area contributed by atoms with Crippen molar-refractivity contribution in [3.05, 3.63) is 93.9 Å². The fraction of sp³-hybridized carbons (Fsp3) is 0.0833. The van der Waals surface area contributed by atoms with Gasteiger partial charge >= 0.3 is 0 Å². The lowest BCUT2D eigenvalue weighted by Crippen LogP contribution is -2.27. The van der Waals surface area contributed by atoms with E-state index in [1.165, 1.54) is 16.7 Å². The van der Waals surface area contributed by atoms with Gasteiger partial charge in [0.25, 0.3) is 5.91 Å². The first-order valence-corrected chi connectivity index (χ1v) is 11.0. The molecule has 1 fully saturated rings. The number of carbonyl (C=O) groups is 1. The van der Waals surface area contributed by atoms with Crippen molar-refractivity contribution >= 4 is 57.6 Å². The van der Waals surface area contributed by atoms with Crippen LogP contribution in [0.2, 0.25) is 5.02 Å². The molecule has 31 heavy (non-hydrogen) atoms. The molecule has 1 aliphatic rings. The Morgan fingerprint density at radius 2 is 1.84 bits per heavy atom. The molecule has 0 aliphatic carbocycles. The molecular weight excluding hydrogens is 450 g/mol. The third-order valence-corrected chi connectivity index (χ3v) is 6.12. The van der Waals surface area contributed by atoms with Crippen LogP contribution in [0.3, 0.4) is 0 Å². The summed E-state index contributed by atoms with van der Waals surface area (Å²) in [5, 5.41) is 0.548. The Bertz CT molecular complexity index is 1160. The van der Waals surface area contributed by atoms with Gasteiger partial charge in [0, 0.05) is 5.02 Å². The Labute approximate surface area is 195 Å². The number of methoxy groups -OCH3 is 1. The summed E-state index contributed by atoms with van der Waals surface area (Å²) in [6, 6.07) is 22.5. The highest BCUT2D eigenvalue weighted by Crippen LogP contribution is 2.37. The number of rotatable bonds is 6. The molecule has 4 rings (SSSR count). The monoisotopic (exact) mass is 467 g/mol. The minimum absolute atomic E-state index is 0.180. The van der Waals surface area contributed by atoms with Gasteiger partial charge < -0.3 is 9.47 Å². The highest BCUT2D eigenvalue weighted by atomic mass is 35.5. The van der Waals surface area contributed by atoms with E-state index in [2.05, 4.69) is 0 Å². The summed E-state index contributed by atoms with van der Waals surface area (Å²) in [4.78, 5) is 15.0. The first-order valence-electron chi connectivity index (χ1n) is 9.43. The summed E-state index contributed by atoms with van der Waals surface area (Å²) < 4.78 is 11.9. The maximum atomic E-state index is 13.0. The van der Waals surface area contributed by atoms with Crippen molar-refractivity contribution in [3.63, 3.8) is 0 Å². The summed E-state index contributed by atoms with van der Waals surface area (Å²) in [5.41, 5.74) is 2.54. The van der Waals surface area contributed by atoms with Crippen molar-refractivity contribution in [2.45, 2.75) is 6.61 Å². The second kappa shape index (κ2) is 9.56. The minimum Gasteiger partial charge on any atom is -0.493 e. The highest BCUT2D eigenvalue weighted by molar-refractivity contribution is 8.27. The van der Waals surface area contributed by atoms with Gasteiger partial charge in [0.1, 0.15) is 6.61 Å². The maximum Gasteiger partial charge on any atom is 0.270 e. The number of carbonyl (C=O) groups excluding carboxylic acids is 1. The lowest BCUT2D eigenvalue weighted by atomic mass is 10.1. The van der Waals surface area contributed by atoms with Crippen molar-refractivity contribution in [1.82, 2.24) is 0 Å². The molecule has 0 bridgehead atoms. The molecule has 0 atom stereocenters. The number of benzene rings is 3. The molecule has 0 N–H and O–H groups in total. The van der Waals surface area contributed by atoms with Crippen LogP contribution < -0.4 is 14.4 Å². The average molecular weight is 468 g/mol. The lowest BCUT2D eigenvalue weighted by Gasteiger charge is -2.14. The van der Waals surface area contributed by atoms with Crippen LogP contribution in [0.15, 0.2) is 77.7 Å². The van der Waals surface area contributed by atoms with E-state index in [9.17, 15) is 4.79 Å². The Kier molecular flexibility index (Phi) is 6.61. The van der Waals surface area contributed by atoms with Gasteiger partial charge in [-0.15, -0.1) is 0 Å². The van der Waals surface area contributed by atoms with E-state index in [-0.39, 0.29) is 5.91 Å². The van der Waals surface area contributed by atoms with Gasteiger partial charge in [0.15, 0.2) is 15.8 Å². The van der Waals surface area contributed by atoms with Crippen molar-refractivity contribution in [2.75, 3.05) is 12.0 Å². The van der Waals surface area contributed by atoms with Crippen molar-refractivity contribution in [2.24, 2.45) is 0 Å². The van der Waals surface area contributed by atoms with E-state index in [0.29, 0.717) is 38.0 Å². The van der Waals surface area contributed by atoms with E-state index in [4.69, 9.17) is 33.3 Å². The van der Waals surface area contributed by atoms with Crippen LogP contribution in [0, 0.1) is 0 Å². The highest BCUT2D eigenvalue weighted by Gasteiger charge is 2.33. The second-order valence-electron chi connectivity index (χ2n) is 6.68. The molecule has 1 heterocycles. The standard InChI is InChI=1S/C24H18ClNO3S2/c1-28-21-12-17(10-11-20(21)29-15-16-6-3-2-4-7-16)13-22-23(27)26(24(30)31-22)19-9-5-8-18(25)14-19/h2-14H,15H2,1H3. The summed E-state index contributed by atoms with van der Waals surface area (Å²) in [7, 11) is 1.59. The van der Waals surface area contributed by atoms with Gasteiger partial charge in [-0.05, 0) is 47.5 Å². The van der Waals surface area contributed by atoms with Crippen LogP contribution in [-0.4, -0.2) is 17.3 Å². The zero-order valence-electron chi connectivity index (χ0n) is 16.6. The van der Waals surface area contributed by atoms with Gasteiger partial charge in [0.05, 0.1) is 17.7 Å². The van der Waals surface area contributed by atoms with Crippen LogP contribution in [0.4, 0.5) is 5.69 Å². The third kappa shape index (κ3) is 4.93. The number of amides is 1. The van der Waals surface area contributed by atoms with Crippen LogP contribution in [-0.2, 0) is 11.4 Å². The molecule has 0 aromatic heterocycles. The molecule has 1 aliphatic heterocycles. The quantitative estimate of drug-likeness (QED) is 0.312. The Morgan fingerprint density at radius 3 is 2.58 bits per heavy atom. The van der Waals surface area contributed by atoms with Crippen LogP contribution in [0.25, 0.3) is 6.08 Å². The van der Waals surface area contributed by atoms with E-state index < -0.39 is 0 Å². The lowest BCUT2D eigenvalue weighted by molar-refractivity contribution is -0.113. The van der Waals surface area contributed by atoms with E-state index in [1.54, 1.807) is 31.4 Å². The number of nitrogens with zero attached hydrogens (tertiary/aromatic N) is 1. The van der Waals surface area contributed by atoms with E-state index in [0.717, 1.165) is 11.1 Å². The third-order valence-electron chi connectivity index (χ3n) is 4.58. The molecule has 156 valence electrons. The number of hydrogen-bond donors (Lipinski definition) is 0. The Balaban J connectivity index is 1.54. The molecule has 3 aromatic carbocycles. The number of halogens is 1. The molecule has 0 spiro atoms. The number of thiocarbonyl (C=S) groups is 1. The van der Waals surface area contributed by atoms with Gasteiger partial charge in [-0.25, -0.2) is 0 Å². The second-order valence-corrected chi connectivity index (χ2v) is 8.79. The summed E-state index contributed by atoms with van der Waals surface area (Å²) in [6.45, 7) is 0.439. The minimum atomic E-state index is -0.180. The predicted octanol–water partition coefficient (Wildman–Crippen LogP) is 6.33. The van der Waals surface area contributed by atoms with Crippen LogP contribution >= 0.6 is 35.6 Å². The Morgan fingerprint density at radius 1 is 1.03 bits per heavy atom. The summed E-state index contributed by atoms with van der Waals surface area (Å²) in [5.74, 6) is 1.05. The number of ether oxygens (including phenoxy) is 2. The summed E-state index contributed by atoms with van der Waals surface area (Å²) in [6.07, 6.45) is 1.80. The molecule has 7 heteroatoms. The molecule has 0 saturated carbocycles. The molecule has 0 radical (unpaired) electrons. The number of anilines is 1. The summed E-state index contributed by atoms with van der Waals surface area (Å²) >= 11 is 12.8. The van der Waals surface area contributed by atoms with Gasteiger partial charge in [-0.1, -0.05) is 78.0 Å². The van der Waals surface area contributed by atoms with Crippen molar-refractivity contribution < 1.29 is 14.3 Å². The van der Waals surface area contributed by atoms with Gasteiger partial charge in [-0.2, -0.15) is 0 Å². The van der Waals surface area contributed by atoms with Gasteiger partial charge in [-0.3, -0.25) is 9.69 Å². The average Bonchev–Trinajstić information content (AvgIpc) is 3.06. The first kappa shape index (κ1) is 21.4. The number of hydrogen-bond acceptors (Lipinski definition) is 5. The smallest absolute Gasteiger partial charge is 0.270 e. The van der Waals surface area contributed by atoms with Crippen molar-refractivity contribution in [1.29, 1.82) is 0 Å². The predicted molar refractivity (Wildman–Crippen MR) is 131 cm³/mol. The first-order chi connectivity index (χ1) is 15.0. The van der Waals surface area contributed by atoms with Crippen molar-refractivity contribution in [3.8, 4) is 11.5 Å². The zero-order valence-corrected chi connectivity index (χ0v) is 19.0. The molecule has 1 amide bonds. The Hall–Kier alpha value is -2.80. The van der Waals surface area contributed by atoms with Crippen LogP contribution in [0.1, 0.15) is 11.1 Å². The van der Waals surface area contributed by atoms with E-state index >= 15 is 0 Å². The van der Waals surface area contributed by atoms with E-state index in [1.807, 2.05) is 54.6 Å². The van der Waals surface area contributed by atoms with Gasteiger partial charge in [0.2, 0.25) is 0 Å². The molecule has 1 saturated heterocycles. The molecular formula is C24H18ClNO3S2. The molecule has 0 unspecified atom stereocenters. The topological polar surface area (TPSA) is 38.8 Å². The fourth-order valence-corrected chi connectivity index (χ4v) is 4.57. The normalized spacial score (nSPS) is 14.9. The SMILES string of the molecule is COc1cc(C=C2SC(=S)N(c3cccc(Cl)c3)C2=O)ccc1OCc1ccccc1. The zero-order chi connectivity index (χ0) is 21.8.